The number of non-ortho nitro benzene ring substituents is 2. The van der Waals surface area contributed by atoms with Crippen LogP contribution in [0.4, 0.5) is 35.0 Å². The van der Waals surface area contributed by atoms with Crippen molar-refractivity contribution in [2.75, 3.05) is 18.0 Å². The maximum absolute atomic E-state index is 14.0. The Balaban J connectivity index is 0.000000310. The van der Waals surface area contributed by atoms with Crippen molar-refractivity contribution >= 4 is 23.2 Å². The number of rotatable bonds is 4. The molecule has 1 N–H and O–H groups in total. The number of nitro groups is 2. The molecule has 3 rings (SSSR count). The van der Waals surface area contributed by atoms with E-state index in [4.69, 9.17) is 4.74 Å². The topological polar surface area (TPSA) is 128 Å². The van der Waals surface area contributed by atoms with Crippen molar-refractivity contribution in [2.45, 2.75) is 38.8 Å². The first-order valence-corrected chi connectivity index (χ1v) is 10.0. The highest BCUT2D eigenvalue weighted by Gasteiger charge is 2.28. The van der Waals surface area contributed by atoms with Crippen LogP contribution in [0.1, 0.15) is 27.2 Å². The first-order valence-electron chi connectivity index (χ1n) is 10.0. The number of amides is 1. The molecule has 1 fully saturated rings. The molecule has 1 atom stereocenters. The third kappa shape index (κ3) is 7.60. The van der Waals surface area contributed by atoms with Crippen molar-refractivity contribution in [3.63, 3.8) is 0 Å². The summed E-state index contributed by atoms with van der Waals surface area (Å²) in [5, 5.41) is 23.4. The number of ether oxygens (including phenoxy) is 1. The summed E-state index contributed by atoms with van der Waals surface area (Å²) < 4.78 is 43.6. The zero-order valence-corrected chi connectivity index (χ0v) is 18.6. The van der Waals surface area contributed by atoms with Crippen LogP contribution < -0.4 is 10.2 Å². The summed E-state index contributed by atoms with van der Waals surface area (Å²) >= 11 is 0. The second-order valence-corrected chi connectivity index (χ2v) is 8.33. The average molecular weight is 484 g/mol. The number of nitrogens with zero attached hydrogens (tertiary/aromatic N) is 3. The molecule has 2 aromatic carbocycles. The summed E-state index contributed by atoms with van der Waals surface area (Å²) in [7, 11) is 0. The number of benzene rings is 2. The Labute approximate surface area is 192 Å². The van der Waals surface area contributed by atoms with E-state index in [1.165, 1.54) is 12.1 Å². The van der Waals surface area contributed by atoms with Gasteiger partial charge in [0.15, 0.2) is 17.5 Å². The summed E-state index contributed by atoms with van der Waals surface area (Å²) in [5.41, 5.74) is -1.02. The summed E-state index contributed by atoms with van der Waals surface area (Å²) in [6.45, 7) is 6.31. The number of carbonyl (C=O) groups excluding carboxylic acids is 1. The fraction of sp³-hybridized carbons (Fsp3) is 0.381. The van der Waals surface area contributed by atoms with Gasteiger partial charge in [0.2, 0.25) is 0 Å². The molecule has 0 radical (unpaired) electrons. The van der Waals surface area contributed by atoms with E-state index in [1.807, 2.05) is 0 Å². The summed E-state index contributed by atoms with van der Waals surface area (Å²) in [6, 6.07) is 5.57. The Morgan fingerprint density at radius 2 is 1.56 bits per heavy atom. The van der Waals surface area contributed by atoms with E-state index in [1.54, 1.807) is 25.7 Å². The van der Waals surface area contributed by atoms with Crippen LogP contribution in [0.5, 0.6) is 0 Å². The lowest BCUT2D eigenvalue weighted by molar-refractivity contribution is -0.385. The van der Waals surface area contributed by atoms with Gasteiger partial charge in [0.05, 0.1) is 33.7 Å². The van der Waals surface area contributed by atoms with Crippen LogP contribution in [0.3, 0.4) is 0 Å². The van der Waals surface area contributed by atoms with Crippen LogP contribution in [0.25, 0.3) is 0 Å². The standard InChI is InChI=1S/C15H20FN3O4.C6H3F2NO2/c1-15(2,3)23-14(20)17-10-6-7-18(9-10)13-5-4-11(19(21)22)8-12(13)16;7-5-2-1-4(9(10)11)3-6(5)8/h4-5,8,10H,6-7,9H2,1-3H3,(H,17,20);1-3H. The van der Waals surface area contributed by atoms with E-state index < -0.39 is 44.7 Å². The van der Waals surface area contributed by atoms with Gasteiger partial charge in [-0.25, -0.2) is 18.0 Å². The number of nitrogens with one attached hydrogen (secondary N) is 1. The van der Waals surface area contributed by atoms with E-state index in [0.717, 1.165) is 12.1 Å². The van der Waals surface area contributed by atoms with E-state index in [-0.39, 0.29) is 11.7 Å². The van der Waals surface area contributed by atoms with Crippen LogP contribution in [-0.2, 0) is 4.74 Å². The van der Waals surface area contributed by atoms with Gasteiger partial charge in [0.1, 0.15) is 5.60 Å². The van der Waals surface area contributed by atoms with E-state index in [0.29, 0.717) is 37.3 Å². The minimum atomic E-state index is -1.21. The average Bonchev–Trinajstić information content (AvgIpc) is 3.16. The number of halogens is 3. The number of hydrogen-bond acceptors (Lipinski definition) is 7. The largest absolute Gasteiger partial charge is 0.444 e. The minimum absolute atomic E-state index is 0.153. The lowest BCUT2D eigenvalue weighted by Gasteiger charge is -2.22. The van der Waals surface area contributed by atoms with Gasteiger partial charge in [0, 0.05) is 25.2 Å². The molecule has 13 heteroatoms. The molecule has 1 saturated heterocycles. The van der Waals surface area contributed by atoms with E-state index in [9.17, 15) is 38.2 Å². The molecular weight excluding hydrogens is 461 g/mol. The van der Waals surface area contributed by atoms with Crippen molar-refractivity contribution in [3.05, 3.63) is 74.1 Å². The SMILES string of the molecule is CC(C)(C)OC(=O)NC1CCN(c2ccc([N+](=O)[O-])cc2F)C1.O=[N+]([O-])c1ccc(F)c(F)c1. The Bertz CT molecular complexity index is 1080. The van der Waals surface area contributed by atoms with Gasteiger partial charge in [-0.1, -0.05) is 0 Å². The zero-order valence-electron chi connectivity index (χ0n) is 18.6. The normalized spacial score (nSPS) is 15.2. The third-order valence-electron chi connectivity index (χ3n) is 4.51. The van der Waals surface area contributed by atoms with Crippen LogP contribution in [0.2, 0.25) is 0 Å². The molecule has 0 spiro atoms. The van der Waals surface area contributed by atoms with Crippen molar-refractivity contribution in [1.82, 2.24) is 5.32 Å². The zero-order chi connectivity index (χ0) is 25.6. The molecule has 0 aromatic heterocycles. The summed E-state index contributed by atoms with van der Waals surface area (Å²) in [6.07, 6.45) is 0.142. The Morgan fingerprint density at radius 3 is 2.06 bits per heavy atom. The number of alkyl carbamates (subject to hydrolysis) is 1. The molecule has 1 amide bonds. The van der Waals surface area contributed by atoms with Crippen LogP contribution in [0, 0.1) is 37.7 Å². The van der Waals surface area contributed by atoms with Crippen LogP contribution in [0.15, 0.2) is 36.4 Å². The van der Waals surface area contributed by atoms with Crippen molar-refractivity contribution in [3.8, 4) is 0 Å². The third-order valence-corrected chi connectivity index (χ3v) is 4.51. The van der Waals surface area contributed by atoms with Gasteiger partial charge < -0.3 is 15.0 Å². The molecule has 10 nitrogen and oxygen atoms in total. The van der Waals surface area contributed by atoms with Crippen molar-refractivity contribution in [2.24, 2.45) is 0 Å². The Hall–Kier alpha value is -3.90. The summed E-state index contributed by atoms with van der Waals surface area (Å²) in [5.74, 6) is -2.94. The molecule has 184 valence electrons. The minimum Gasteiger partial charge on any atom is -0.444 e. The van der Waals surface area contributed by atoms with E-state index in [2.05, 4.69) is 5.32 Å². The van der Waals surface area contributed by atoms with Gasteiger partial charge in [0.25, 0.3) is 11.4 Å². The molecule has 1 heterocycles. The van der Waals surface area contributed by atoms with Crippen LogP contribution >= 0.6 is 0 Å². The quantitative estimate of drug-likeness (QED) is 0.492. The predicted molar refractivity (Wildman–Crippen MR) is 116 cm³/mol. The molecular formula is C21H23F3N4O6. The van der Waals surface area contributed by atoms with Gasteiger partial charge >= 0.3 is 6.09 Å². The van der Waals surface area contributed by atoms with Gasteiger partial charge in [-0.3, -0.25) is 20.2 Å². The summed E-state index contributed by atoms with van der Waals surface area (Å²) in [4.78, 5) is 32.7. The Kier molecular flexibility index (Phi) is 8.38. The van der Waals surface area contributed by atoms with Gasteiger partial charge in [-0.15, -0.1) is 0 Å². The Morgan fingerprint density at radius 1 is 1.00 bits per heavy atom. The highest BCUT2D eigenvalue weighted by Crippen LogP contribution is 2.27. The molecule has 0 aliphatic carbocycles. The molecule has 1 aliphatic heterocycles. The maximum Gasteiger partial charge on any atom is 0.407 e. The number of nitro benzene ring substituents is 2. The number of hydrogen-bond donors (Lipinski definition) is 1. The number of anilines is 1. The molecule has 0 saturated carbocycles. The first kappa shape index (κ1) is 26.4. The lowest BCUT2D eigenvalue weighted by Crippen LogP contribution is -2.40. The van der Waals surface area contributed by atoms with Crippen molar-refractivity contribution in [1.29, 1.82) is 0 Å². The second-order valence-electron chi connectivity index (χ2n) is 8.33. The molecule has 0 bridgehead atoms. The number of carbonyl (C=O) groups is 1. The smallest absolute Gasteiger partial charge is 0.407 e. The fourth-order valence-electron chi connectivity index (χ4n) is 3.04. The van der Waals surface area contributed by atoms with Crippen LogP contribution in [-0.4, -0.2) is 40.7 Å². The first-order chi connectivity index (χ1) is 15.8. The van der Waals surface area contributed by atoms with Crippen molar-refractivity contribution < 1.29 is 32.5 Å². The van der Waals surface area contributed by atoms with Gasteiger partial charge in [-0.05, 0) is 39.3 Å². The molecule has 34 heavy (non-hydrogen) atoms. The highest BCUT2D eigenvalue weighted by molar-refractivity contribution is 5.68. The molecule has 1 aliphatic rings. The predicted octanol–water partition coefficient (Wildman–Crippen LogP) is 4.71. The van der Waals surface area contributed by atoms with E-state index >= 15 is 0 Å². The fourth-order valence-corrected chi connectivity index (χ4v) is 3.04. The monoisotopic (exact) mass is 484 g/mol. The van der Waals surface area contributed by atoms with Gasteiger partial charge in [-0.2, -0.15) is 0 Å². The molecule has 2 aromatic rings. The molecule has 1 unspecified atom stereocenters. The lowest BCUT2D eigenvalue weighted by atomic mass is 10.2. The maximum atomic E-state index is 14.0. The second kappa shape index (κ2) is 10.8. The highest BCUT2D eigenvalue weighted by atomic mass is 19.2.